The summed E-state index contributed by atoms with van der Waals surface area (Å²) in [6, 6.07) is 10.6. The molecule has 2 heteroatoms. The van der Waals surface area contributed by atoms with Gasteiger partial charge in [0.25, 0.3) is 0 Å². The molecule has 1 heterocycles. The first-order valence-corrected chi connectivity index (χ1v) is 5.53. The fraction of sp³-hybridized carbons (Fsp3) is 0.385. The molecular formula is C13H18N2. The van der Waals surface area contributed by atoms with Crippen molar-refractivity contribution in [3.05, 3.63) is 47.5 Å². The van der Waals surface area contributed by atoms with E-state index in [0.717, 1.165) is 13.1 Å². The van der Waals surface area contributed by atoms with Crippen LogP contribution in [0.1, 0.15) is 12.0 Å². The molecule has 0 unspecified atom stereocenters. The van der Waals surface area contributed by atoms with Crippen molar-refractivity contribution in [3.63, 3.8) is 0 Å². The molecule has 2 nitrogen and oxygen atoms in total. The van der Waals surface area contributed by atoms with Gasteiger partial charge in [-0.05, 0) is 12.0 Å². The van der Waals surface area contributed by atoms with Gasteiger partial charge in [-0.1, -0.05) is 42.0 Å². The van der Waals surface area contributed by atoms with E-state index in [0.29, 0.717) is 6.54 Å². The molecular weight excluding hydrogens is 184 g/mol. The predicted molar refractivity (Wildman–Crippen MR) is 63.5 cm³/mol. The molecule has 80 valence electrons. The highest BCUT2D eigenvalue weighted by atomic mass is 15.1. The number of nitrogens with two attached hydrogens (primary N) is 1. The number of benzene rings is 1. The van der Waals surface area contributed by atoms with Crippen molar-refractivity contribution >= 4 is 0 Å². The first kappa shape index (κ1) is 10.4. The van der Waals surface area contributed by atoms with E-state index < -0.39 is 0 Å². The molecule has 2 rings (SSSR count). The van der Waals surface area contributed by atoms with Gasteiger partial charge in [0.05, 0.1) is 0 Å². The van der Waals surface area contributed by atoms with E-state index in [1.165, 1.54) is 24.1 Å². The number of nitrogens with zero attached hydrogens (tertiary/aromatic N) is 1. The summed E-state index contributed by atoms with van der Waals surface area (Å²) in [5, 5.41) is 0. The van der Waals surface area contributed by atoms with E-state index >= 15 is 0 Å². The largest absolute Gasteiger partial charge is 0.327 e. The molecule has 0 atom stereocenters. The second-order valence-electron chi connectivity index (χ2n) is 4.04. The normalized spacial score (nSPS) is 19.9. The van der Waals surface area contributed by atoms with Crippen LogP contribution in [0.25, 0.3) is 0 Å². The van der Waals surface area contributed by atoms with Crippen LogP contribution in [0, 0.1) is 0 Å². The van der Waals surface area contributed by atoms with Gasteiger partial charge >= 0.3 is 0 Å². The minimum absolute atomic E-state index is 0.675. The maximum atomic E-state index is 5.51. The number of hydrogen-bond donors (Lipinski definition) is 1. The van der Waals surface area contributed by atoms with Crippen LogP contribution in [-0.4, -0.2) is 24.5 Å². The number of likely N-dealkylation sites (tertiary alicyclic amines) is 1. The van der Waals surface area contributed by atoms with Crippen LogP contribution in [0.3, 0.4) is 0 Å². The lowest BCUT2D eigenvalue weighted by Crippen LogP contribution is -2.18. The van der Waals surface area contributed by atoms with Crippen LogP contribution in [0.5, 0.6) is 0 Å². The molecule has 1 aliphatic rings. The van der Waals surface area contributed by atoms with Crippen LogP contribution < -0.4 is 5.73 Å². The molecule has 1 saturated heterocycles. The smallest absolute Gasteiger partial charge is 0.0237 e. The highest BCUT2D eigenvalue weighted by Crippen LogP contribution is 2.17. The van der Waals surface area contributed by atoms with Crippen LogP contribution in [-0.2, 0) is 6.54 Å². The van der Waals surface area contributed by atoms with Crippen molar-refractivity contribution in [2.75, 3.05) is 19.6 Å². The number of hydrogen-bond acceptors (Lipinski definition) is 2. The fourth-order valence-corrected chi connectivity index (χ4v) is 2.06. The summed E-state index contributed by atoms with van der Waals surface area (Å²) in [7, 11) is 0. The zero-order valence-electron chi connectivity index (χ0n) is 9.02. The van der Waals surface area contributed by atoms with Gasteiger partial charge in [-0.2, -0.15) is 0 Å². The van der Waals surface area contributed by atoms with Crippen LogP contribution >= 0.6 is 0 Å². The van der Waals surface area contributed by atoms with Crippen molar-refractivity contribution in [3.8, 4) is 0 Å². The Hall–Kier alpha value is -1.12. The summed E-state index contributed by atoms with van der Waals surface area (Å²) in [5.41, 5.74) is 8.40. The molecule has 0 spiro atoms. The molecule has 15 heavy (non-hydrogen) atoms. The topological polar surface area (TPSA) is 29.3 Å². The summed E-state index contributed by atoms with van der Waals surface area (Å²) >= 11 is 0. The second-order valence-corrected chi connectivity index (χ2v) is 4.04. The molecule has 0 amide bonds. The predicted octanol–water partition coefficient (Wildman–Crippen LogP) is 1.78. The average molecular weight is 202 g/mol. The van der Waals surface area contributed by atoms with E-state index in [1.54, 1.807) is 0 Å². The third-order valence-electron chi connectivity index (χ3n) is 2.83. The summed E-state index contributed by atoms with van der Waals surface area (Å²) in [6.45, 7) is 3.99. The Balaban J connectivity index is 1.90. The SMILES string of the molecule is NCC=C1CCN(Cc2ccccc2)C1. The van der Waals surface area contributed by atoms with Crippen LogP contribution in [0.2, 0.25) is 0 Å². The molecule has 0 saturated carbocycles. The summed E-state index contributed by atoms with van der Waals surface area (Å²) in [6.07, 6.45) is 3.34. The van der Waals surface area contributed by atoms with E-state index in [1.807, 2.05) is 0 Å². The minimum Gasteiger partial charge on any atom is -0.327 e. The molecule has 1 fully saturated rings. The van der Waals surface area contributed by atoms with Crippen LogP contribution in [0.4, 0.5) is 0 Å². The number of rotatable bonds is 3. The molecule has 0 bridgehead atoms. The standard InChI is InChI=1S/C13H18N2/c14-8-6-13-7-9-15(11-13)10-12-4-2-1-3-5-12/h1-6H,7-11,14H2. The molecule has 2 N–H and O–H groups in total. The maximum Gasteiger partial charge on any atom is 0.0237 e. The van der Waals surface area contributed by atoms with Crippen LogP contribution in [0.15, 0.2) is 42.0 Å². The van der Waals surface area contributed by atoms with Crippen molar-refractivity contribution in [2.45, 2.75) is 13.0 Å². The average Bonchev–Trinajstić information content (AvgIpc) is 2.68. The van der Waals surface area contributed by atoms with Crippen molar-refractivity contribution < 1.29 is 0 Å². The van der Waals surface area contributed by atoms with Gasteiger partial charge in [0.2, 0.25) is 0 Å². The van der Waals surface area contributed by atoms with Gasteiger partial charge in [-0.25, -0.2) is 0 Å². The van der Waals surface area contributed by atoms with E-state index in [4.69, 9.17) is 5.73 Å². The monoisotopic (exact) mass is 202 g/mol. The lowest BCUT2D eigenvalue weighted by Gasteiger charge is -2.13. The Bertz CT molecular complexity index is 330. The highest BCUT2D eigenvalue weighted by Gasteiger charge is 2.15. The summed E-state index contributed by atoms with van der Waals surface area (Å²) < 4.78 is 0. The Morgan fingerprint density at radius 2 is 2.07 bits per heavy atom. The maximum absolute atomic E-state index is 5.51. The Labute approximate surface area is 91.4 Å². The second kappa shape index (κ2) is 5.10. The molecule has 0 aliphatic carbocycles. The molecule has 0 radical (unpaired) electrons. The lowest BCUT2D eigenvalue weighted by atomic mass is 10.2. The zero-order chi connectivity index (χ0) is 10.5. The van der Waals surface area contributed by atoms with Gasteiger partial charge in [0.1, 0.15) is 0 Å². The minimum atomic E-state index is 0.675. The van der Waals surface area contributed by atoms with E-state index in [2.05, 4.69) is 41.3 Å². The first-order chi connectivity index (χ1) is 7.38. The molecule has 1 aromatic rings. The van der Waals surface area contributed by atoms with E-state index in [9.17, 15) is 0 Å². The van der Waals surface area contributed by atoms with Gasteiger partial charge < -0.3 is 5.73 Å². The Morgan fingerprint density at radius 3 is 2.80 bits per heavy atom. The highest BCUT2D eigenvalue weighted by molar-refractivity contribution is 5.16. The zero-order valence-corrected chi connectivity index (χ0v) is 9.02. The quantitative estimate of drug-likeness (QED) is 0.757. The third-order valence-corrected chi connectivity index (χ3v) is 2.83. The van der Waals surface area contributed by atoms with Gasteiger partial charge in [0.15, 0.2) is 0 Å². The van der Waals surface area contributed by atoms with Crippen molar-refractivity contribution in [2.24, 2.45) is 5.73 Å². The Kier molecular flexibility index (Phi) is 3.54. The fourth-order valence-electron chi connectivity index (χ4n) is 2.06. The van der Waals surface area contributed by atoms with Gasteiger partial charge in [0, 0.05) is 26.2 Å². The van der Waals surface area contributed by atoms with E-state index in [-0.39, 0.29) is 0 Å². The third kappa shape index (κ3) is 2.91. The van der Waals surface area contributed by atoms with Gasteiger partial charge in [-0.3, -0.25) is 4.90 Å². The Morgan fingerprint density at radius 1 is 1.27 bits per heavy atom. The summed E-state index contributed by atoms with van der Waals surface area (Å²) in [5.74, 6) is 0. The molecule has 1 aliphatic heterocycles. The van der Waals surface area contributed by atoms with Crippen molar-refractivity contribution in [1.29, 1.82) is 0 Å². The molecule has 0 aromatic heterocycles. The van der Waals surface area contributed by atoms with Crippen molar-refractivity contribution in [1.82, 2.24) is 4.90 Å². The lowest BCUT2D eigenvalue weighted by molar-refractivity contribution is 0.337. The van der Waals surface area contributed by atoms with Gasteiger partial charge in [-0.15, -0.1) is 0 Å². The first-order valence-electron chi connectivity index (χ1n) is 5.53. The molecule has 1 aromatic carbocycles. The summed E-state index contributed by atoms with van der Waals surface area (Å²) in [4.78, 5) is 2.47.